The lowest BCUT2D eigenvalue weighted by molar-refractivity contribution is -0.136. The van der Waals surface area contributed by atoms with Gasteiger partial charge in [-0.3, -0.25) is 9.36 Å². The van der Waals surface area contributed by atoms with Crippen LogP contribution >= 0.6 is 0 Å². The lowest BCUT2D eigenvalue weighted by Gasteiger charge is -2.32. The molecule has 0 fully saturated rings. The standard InChI is InChI=1S/C16H21N5O3S/c1-19-10-14-17-18-15(11-20(2)25(3,23)24)21(14)13(16(19)22)9-12-7-5-4-6-8-12/h4-8,13H,9-11H2,1-3H3/t13-/m0/s1. The monoisotopic (exact) mass is 363 g/mol. The summed E-state index contributed by atoms with van der Waals surface area (Å²) in [5, 5.41) is 8.31. The summed E-state index contributed by atoms with van der Waals surface area (Å²) in [4.78, 5) is 14.4. The molecule has 1 atom stereocenters. The van der Waals surface area contributed by atoms with E-state index in [4.69, 9.17) is 0 Å². The van der Waals surface area contributed by atoms with Crippen molar-refractivity contribution >= 4 is 15.9 Å². The van der Waals surface area contributed by atoms with E-state index in [0.29, 0.717) is 24.6 Å². The van der Waals surface area contributed by atoms with Crippen molar-refractivity contribution in [2.75, 3.05) is 20.4 Å². The number of carbonyl (C=O) groups excluding carboxylic acids is 1. The zero-order chi connectivity index (χ0) is 18.2. The lowest BCUT2D eigenvalue weighted by atomic mass is 10.0. The van der Waals surface area contributed by atoms with Crippen molar-refractivity contribution < 1.29 is 13.2 Å². The number of fused-ring (bicyclic) bond motifs is 1. The van der Waals surface area contributed by atoms with Gasteiger partial charge < -0.3 is 4.90 Å². The van der Waals surface area contributed by atoms with E-state index in [1.165, 1.54) is 11.4 Å². The van der Waals surface area contributed by atoms with Gasteiger partial charge in [-0.15, -0.1) is 10.2 Å². The molecule has 1 aromatic carbocycles. The van der Waals surface area contributed by atoms with E-state index in [2.05, 4.69) is 10.2 Å². The topological polar surface area (TPSA) is 88.4 Å². The molecular formula is C16H21N5O3S. The number of rotatable bonds is 5. The number of aromatic nitrogens is 3. The fourth-order valence-corrected chi connectivity index (χ4v) is 3.27. The van der Waals surface area contributed by atoms with Crippen LogP contribution < -0.4 is 0 Å². The van der Waals surface area contributed by atoms with Crippen molar-refractivity contribution in [1.82, 2.24) is 24.0 Å². The van der Waals surface area contributed by atoms with Gasteiger partial charge in [0.25, 0.3) is 0 Å². The van der Waals surface area contributed by atoms with Crippen LogP contribution in [-0.2, 0) is 34.3 Å². The van der Waals surface area contributed by atoms with Crippen LogP contribution in [-0.4, -0.2) is 58.6 Å². The predicted molar refractivity (Wildman–Crippen MR) is 92.0 cm³/mol. The quantitative estimate of drug-likeness (QED) is 0.768. The van der Waals surface area contributed by atoms with E-state index in [-0.39, 0.29) is 12.5 Å². The maximum Gasteiger partial charge on any atom is 0.246 e. The molecule has 25 heavy (non-hydrogen) atoms. The van der Waals surface area contributed by atoms with E-state index in [9.17, 15) is 13.2 Å². The molecule has 1 aliphatic rings. The van der Waals surface area contributed by atoms with Crippen molar-refractivity contribution in [1.29, 1.82) is 0 Å². The average molecular weight is 363 g/mol. The van der Waals surface area contributed by atoms with Gasteiger partial charge in [-0.1, -0.05) is 30.3 Å². The molecule has 0 radical (unpaired) electrons. The summed E-state index contributed by atoms with van der Waals surface area (Å²) in [6.07, 6.45) is 1.64. The minimum Gasteiger partial charge on any atom is -0.336 e. The van der Waals surface area contributed by atoms with Crippen molar-refractivity contribution in [3.63, 3.8) is 0 Å². The molecule has 1 amide bonds. The molecule has 2 heterocycles. The van der Waals surface area contributed by atoms with Gasteiger partial charge >= 0.3 is 0 Å². The summed E-state index contributed by atoms with van der Waals surface area (Å²) in [6, 6.07) is 9.24. The lowest BCUT2D eigenvalue weighted by Crippen LogP contribution is -2.42. The number of likely N-dealkylation sites (N-methyl/N-ethyl adjacent to an activating group) is 1. The highest BCUT2D eigenvalue weighted by atomic mass is 32.2. The van der Waals surface area contributed by atoms with Gasteiger partial charge in [-0.25, -0.2) is 8.42 Å². The first-order valence-electron chi connectivity index (χ1n) is 7.90. The van der Waals surface area contributed by atoms with E-state index < -0.39 is 16.1 Å². The Kier molecular flexibility index (Phi) is 4.61. The first kappa shape index (κ1) is 17.6. The summed E-state index contributed by atoms with van der Waals surface area (Å²) in [5.74, 6) is 1.12. The third-order valence-electron chi connectivity index (χ3n) is 4.39. The third-order valence-corrected chi connectivity index (χ3v) is 5.65. The van der Waals surface area contributed by atoms with Crippen molar-refractivity contribution in [3.8, 4) is 0 Å². The van der Waals surface area contributed by atoms with Crippen molar-refractivity contribution in [3.05, 3.63) is 47.5 Å². The fraction of sp³-hybridized carbons (Fsp3) is 0.438. The van der Waals surface area contributed by atoms with E-state index in [1.54, 1.807) is 16.5 Å². The molecule has 1 aliphatic heterocycles. The van der Waals surface area contributed by atoms with E-state index >= 15 is 0 Å². The molecule has 0 saturated heterocycles. The summed E-state index contributed by atoms with van der Waals surface area (Å²) in [6.45, 7) is 0.438. The number of hydrogen-bond acceptors (Lipinski definition) is 5. The Morgan fingerprint density at radius 2 is 1.92 bits per heavy atom. The Morgan fingerprint density at radius 3 is 2.56 bits per heavy atom. The Balaban J connectivity index is 1.97. The summed E-state index contributed by atoms with van der Waals surface area (Å²) in [5.41, 5.74) is 1.03. The van der Waals surface area contributed by atoms with Crippen LogP contribution in [0.2, 0.25) is 0 Å². The number of benzene rings is 1. The second-order valence-electron chi connectivity index (χ2n) is 6.32. The van der Waals surface area contributed by atoms with Gasteiger partial charge in [0.1, 0.15) is 11.9 Å². The minimum atomic E-state index is -3.35. The molecule has 9 heteroatoms. The Labute approximate surface area is 147 Å². The van der Waals surface area contributed by atoms with Gasteiger partial charge in [-0.2, -0.15) is 4.31 Å². The van der Waals surface area contributed by atoms with Crippen LogP contribution in [0.25, 0.3) is 0 Å². The molecular weight excluding hydrogens is 342 g/mol. The summed E-state index contributed by atoms with van der Waals surface area (Å²) < 4.78 is 26.4. The van der Waals surface area contributed by atoms with Crippen molar-refractivity contribution in [2.24, 2.45) is 0 Å². The number of amides is 1. The highest BCUT2D eigenvalue weighted by molar-refractivity contribution is 7.88. The first-order chi connectivity index (χ1) is 11.8. The molecule has 0 saturated carbocycles. The number of sulfonamides is 1. The van der Waals surface area contributed by atoms with Gasteiger partial charge in [0.2, 0.25) is 15.9 Å². The van der Waals surface area contributed by atoms with Gasteiger partial charge in [0.15, 0.2) is 5.82 Å². The summed E-state index contributed by atoms with van der Waals surface area (Å²) in [7, 11) is -0.126. The van der Waals surface area contributed by atoms with Crippen LogP contribution in [0.5, 0.6) is 0 Å². The second-order valence-corrected chi connectivity index (χ2v) is 8.41. The van der Waals surface area contributed by atoms with Crippen LogP contribution in [0, 0.1) is 0 Å². The number of hydrogen-bond donors (Lipinski definition) is 0. The molecule has 0 aliphatic carbocycles. The maximum atomic E-state index is 12.7. The molecule has 1 aromatic heterocycles. The van der Waals surface area contributed by atoms with Crippen LogP contribution in [0.3, 0.4) is 0 Å². The molecule has 0 bridgehead atoms. The normalized spacial score (nSPS) is 17.8. The largest absolute Gasteiger partial charge is 0.336 e. The molecule has 2 aromatic rings. The molecule has 134 valence electrons. The number of nitrogens with zero attached hydrogens (tertiary/aromatic N) is 5. The highest BCUT2D eigenvalue weighted by Crippen LogP contribution is 2.26. The summed E-state index contributed by atoms with van der Waals surface area (Å²) >= 11 is 0. The van der Waals surface area contributed by atoms with Crippen LogP contribution in [0.4, 0.5) is 0 Å². The minimum absolute atomic E-state index is 0.0283. The zero-order valence-corrected chi connectivity index (χ0v) is 15.3. The Hall–Kier alpha value is -2.26. The van der Waals surface area contributed by atoms with E-state index in [1.807, 2.05) is 30.3 Å². The third kappa shape index (κ3) is 3.57. The van der Waals surface area contributed by atoms with Gasteiger partial charge in [0.05, 0.1) is 19.3 Å². The highest BCUT2D eigenvalue weighted by Gasteiger charge is 2.35. The Bertz CT molecular complexity index is 878. The van der Waals surface area contributed by atoms with Gasteiger partial charge in [0, 0.05) is 20.5 Å². The molecule has 0 N–H and O–H groups in total. The van der Waals surface area contributed by atoms with Crippen LogP contribution in [0.15, 0.2) is 30.3 Å². The maximum absolute atomic E-state index is 12.7. The predicted octanol–water partition coefficient (Wildman–Crippen LogP) is 0.425. The van der Waals surface area contributed by atoms with Crippen LogP contribution in [0.1, 0.15) is 23.3 Å². The second kappa shape index (κ2) is 6.57. The smallest absolute Gasteiger partial charge is 0.246 e. The molecule has 3 rings (SSSR count). The van der Waals surface area contributed by atoms with Crippen molar-refractivity contribution in [2.45, 2.75) is 25.6 Å². The zero-order valence-electron chi connectivity index (χ0n) is 14.5. The molecule has 0 spiro atoms. The van der Waals surface area contributed by atoms with E-state index in [0.717, 1.165) is 11.8 Å². The molecule has 0 unspecified atom stereocenters. The first-order valence-corrected chi connectivity index (χ1v) is 9.75. The Morgan fingerprint density at radius 1 is 1.24 bits per heavy atom. The van der Waals surface area contributed by atoms with Gasteiger partial charge in [-0.05, 0) is 5.56 Å². The molecule has 8 nitrogen and oxygen atoms in total. The number of carbonyl (C=O) groups is 1. The average Bonchev–Trinajstić information content (AvgIpc) is 2.94. The fourth-order valence-electron chi connectivity index (χ4n) is 2.92. The SMILES string of the molecule is CN1Cc2nnc(CN(C)S(C)(=O)=O)n2[C@@H](Cc2ccccc2)C1=O.